The molecular formula is C24H26N4O3. The molecule has 3 aromatic rings. The van der Waals surface area contributed by atoms with Crippen molar-refractivity contribution < 1.29 is 14.3 Å². The van der Waals surface area contributed by atoms with Crippen LogP contribution in [0.1, 0.15) is 41.4 Å². The van der Waals surface area contributed by atoms with Gasteiger partial charge in [-0.2, -0.15) is 0 Å². The van der Waals surface area contributed by atoms with E-state index in [4.69, 9.17) is 4.74 Å². The van der Waals surface area contributed by atoms with Gasteiger partial charge in [-0.3, -0.25) is 9.59 Å². The molecular weight excluding hydrogens is 392 g/mol. The van der Waals surface area contributed by atoms with Crippen LogP contribution in [0.15, 0.2) is 54.9 Å². The largest absolute Gasteiger partial charge is 0.497 e. The van der Waals surface area contributed by atoms with Gasteiger partial charge >= 0.3 is 0 Å². The van der Waals surface area contributed by atoms with E-state index >= 15 is 0 Å². The molecule has 0 saturated carbocycles. The summed E-state index contributed by atoms with van der Waals surface area (Å²) in [4.78, 5) is 33.2. The van der Waals surface area contributed by atoms with Gasteiger partial charge in [0.1, 0.15) is 17.9 Å². The quantitative estimate of drug-likeness (QED) is 0.489. The molecule has 0 aliphatic heterocycles. The number of ether oxygens (including phenoxy) is 1. The standard InChI is InChI=1S/C24H26N4O3/c1-4-17-5-8-19(27-23-13-16(2)25-15-26-23)14-21(17)28-24(30)12-11-22(29)18-6-9-20(31-3)10-7-18/h5-10,13-15H,4,11-12H2,1-3H3,(H,28,30)(H,25,26,27). The van der Waals surface area contributed by atoms with Crippen LogP contribution in [0.5, 0.6) is 5.75 Å². The van der Waals surface area contributed by atoms with Crippen LogP contribution in [0.4, 0.5) is 17.2 Å². The van der Waals surface area contributed by atoms with Crippen molar-refractivity contribution in [1.82, 2.24) is 9.97 Å². The summed E-state index contributed by atoms with van der Waals surface area (Å²) in [5.74, 6) is 1.08. The van der Waals surface area contributed by atoms with E-state index < -0.39 is 0 Å². The molecule has 7 nitrogen and oxygen atoms in total. The monoisotopic (exact) mass is 418 g/mol. The van der Waals surface area contributed by atoms with E-state index in [9.17, 15) is 9.59 Å². The van der Waals surface area contributed by atoms with Gasteiger partial charge < -0.3 is 15.4 Å². The zero-order valence-electron chi connectivity index (χ0n) is 17.9. The molecule has 0 spiro atoms. The number of methoxy groups -OCH3 is 1. The SMILES string of the molecule is CCc1ccc(Nc2cc(C)ncn2)cc1NC(=O)CCC(=O)c1ccc(OC)cc1. The Hall–Kier alpha value is -3.74. The normalized spacial score (nSPS) is 10.4. The molecule has 31 heavy (non-hydrogen) atoms. The van der Waals surface area contributed by atoms with E-state index in [1.165, 1.54) is 6.33 Å². The zero-order valence-corrected chi connectivity index (χ0v) is 17.9. The molecule has 0 unspecified atom stereocenters. The van der Waals surface area contributed by atoms with Crippen molar-refractivity contribution >= 4 is 28.9 Å². The molecule has 3 rings (SSSR count). The number of Topliss-reactive ketones (excluding diaryl/α,β-unsaturated/α-hetero) is 1. The Balaban J connectivity index is 1.63. The Morgan fingerprint density at radius 3 is 2.45 bits per heavy atom. The molecule has 160 valence electrons. The van der Waals surface area contributed by atoms with Gasteiger partial charge in [0.05, 0.1) is 7.11 Å². The van der Waals surface area contributed by atoms with Crippen molar-refractivity contribution in [3.63, 3.8) is 0 Å². The lowest BCUT2D eigenvalue weighted by Gasteiger charge is -2.13. The van der Waals surface area contributed by atoms with Crippen molar-refractivity contribution in [2.24, 2.45) is 0 Å². The lowest BCUT2D eigenvalue weighted by Crippen LogP contribution is -2.15. The minimum atomic E-state index is -0.202. The van der Waals surface area contributed by atoms with Crippen LogP contribution in [-0.2, 0) is 11.2 Å². The maximum atomic E-state index is 12.5. The molecule has 7 heteroatoms. The lowest BCUT2D eigenvalue weighted by molar-refractivity contribution is -0.116. The van der Waals surface area contributed by atoms with Crippen molar-refractivity contribution in [3.05, 3.63) is 71.7 Å². The summed E-state index contributed by atoms with van der Waals surface area (Å²) >= 11 is 0. The average Bonchev–Trinajstić information content (AvgIpc) is 2.78. The van der Waals surface area contributed by atoms with E-state index in [-0.39, 0.29) is 24.5 Å². The number of carbonyl (C=O) groups is 2. The van der Waals surface area contributed by atoms with E-state index in [2.05, 4.69) is 20.6 Å². The van der Waals surface area contributed by atoms with Gasteiger partial charge in [0.25, 0.3) is 0 Å². The molecule has 1 heterocycles. The highest BCUT2D eigenvalue weighted by Gasteiger charge is 2.12. The summed E-state index contributed by atoms with van der Waals surface area (Å²) in [6, 6.07) is 14.5. The maximum Gasteiger partial charge on any atom is 0.224 e. The van der Waals surface area contributed by atoms with Gasteiger partial charge in [-0.1, -0.05) is 13.0 Å². The number of hydrogen-bond donors (Lipinski definition) is 2. The van der Waals surface area contributed by atoms with Crippen molar-refractivity contribution in [2.45, 2.75) is 33.1 Å². The van der Waals surface area contributed by atoms with Crippen LogP contribution in [0.2, 0.25) is 0 Å². The fourth-order valence-corrected chi connectivity index (χ4v) is 3.11. The van der Waals surface area contributed by atoms with Crippen molar-refractivity contribution in [2.75, 3.05) is 17.7 Å². The third-order valence-electron chi connectivity index (χ3n) is 4.83. The van der Waals surface area contributed by atoms with Crippen LogP contribution in [0.3, 0.4) is 0 Å². The second-order valence-corrected chi connectivity index (χ2v) is 7.09. The van der Waals surface area contributed by atoms with Crippen LogP contribution in [-0.4, -0.2) is 28.8 Å². The summed E-state index contributed by atoms with van der Waals surface area (Å²) in [5.41, 5.74) is 3.96. The summed E-state index contributed by atoms with van der Waals surface area (Å²) in [6.45, 7) is 3.92. The summed E-state index contributed by atoms with van der Waals surface area (Å²) in [6.07, 6.45) is 2.52. The smallest absolute Gasteiger partial charge is 0.224 e. The number of aryl methyl sites for hydroxylation is 2. The second-order valence-electron chi connectivity index (χ2n) is 7.09. The van der Waals surface area contributed by atoms with Crippen LogP contribution >= 0.6 is 0 Å². The lowest BCUT2D eigenvalue weighted by atomic mass is 10.1. The summed E-state index contributed by atoms with van der Waals surface area (Å²) in [5, 5.41) is 6.16. The molecule has 0 atom stereocenters. The molecule has 0 radical (unpaired) electrons. The van der Waals surface area contributed by atoms with Crippen LogP contribution in [0.25, 0.3) is 0 Å². The van der Waals surface area contributed by atoms with Crippen LogP contribution < -0.4 is 15.4 Å². The Kier molecular flexibility index (Phi) is 7.32. The predicted octanol–water partition coefficient (Wildman–Crippen LogP) is 4.70. The molecule has 1 amide bonds. The van der Waals surface area contributed by atoms with Gasteiger partial charge in [-0.25, -0.2) is 9.97 Å². The summed E-state index contributed by atoms with van der Waals surface area (Å²) in [7, 11) is 1.57. The Bertz CT molecular complexity index is 1060. The zero-order chi connectivity index (χ0) is 22.2. The fourth-order valence-electron chi connectivity index (χ4n) is 3.11. The summed E-state index contributed by atoms with van der Waals surface area (Å²) < 4.78 is 5.10. The van der Waals surface area contributed by atoms with Gasteiger partial charge in [0, 0.05) is 41.5 Å². The average molecular weight is 418 g/mol. The predicted molar refractivity (Wildman–Crippen MR) is 121 cm³/mol. The first-order chi connectivity index (χ1) is 15.0. The topological polar surface area (TPSA) is 93.2 Å². The number of ketones is 1. The first-order valence-corrected chi connectivity index (χ1v) is 10.1. The highest BCUT2D eigenvalue weighted by atomic mass is 16.5. The van der Waals surface area contributed by atoms with Crippen LogP contribution in [0, 0.1) is 6.92 Å². The minimum absolute atomic E-state index is 0.0805. The van der Waals surface area contributed by atoms with Gasteiger partial charge in [0.2, 0.25) is 5.91 Å². The second kappa shape index (κ2) is 10.3. The molecule has 1 aromatic heterocycles. The van der Waals surface area contributed by atoms with Gasteiger partial charge in [-0.05, 0) is 55.3 Å². The first kappa shape index (κ1) is 22.0. The third kappa shape index (κ3) is 6.12. The molecule has 2 N–H and O–H groups in total. The van der Waals surface area contributed by atoms with E-state index in [0.29, 0.717) is 17.1 Å². The third-order valence-corrected chi connectivity index (χ3v) is 4.83. The number of nitrogens with one attached hydrogen (secondary N) is 2. The number of nitrogens with zero attached hydrogens (tertiary/aromatic N) is 2. The molecule has 0 fully saturated rings. The number of anilines is 3. The highest BCUT2D eigenvalue weighted by Crippen LogP contribution is 2.24. The van der Waals surface area contributed by atoms with E-state index in [1.807, 2.05) is 38.1 Å². The molecule has 0 bridgehead atoms. The number of aromatic nitrogens is 2. The Morgan fingerprint density at radius 2 is 1.77 bits per heavy atom. The van der Waals surface area contributed by atoms with Gasteiger partial charge in [0.15, 0.2) is 5.78 Å². The minimum Gasteiger partial charge on any atom is -0.497 e. The van der Waals surface area contributed by atoms with E-state index in [0.717, 1.165) is 29.1 Å². The number of amides is 1. The Morgan fingerprint density at radius 1 is 1.00 bits per heavy atom. The maximum absolute atomic E-state index is 12.5. The number of hydrogen-bond acceptors (Lipinski definition) is 6. The molecule has 0 aliphatic carbocycles. The van der Waals surface area contributed by atoms with Gasteiger partial charge in [-0.15, -0.1) is 0 Å². The first-order valence-electron chi connectivity index (χ1n) is 10.1. The number of rotatable bonds is 9. The van der Waals surface area contributed by atoms with Crippen molar-refractivity contribution in [3.8, 4) is 5.75 Å². The Labute approximate surface area is 181 Å². The van der Waals surface area contributed by atoms with Crippen molar-refractivity contribution in [1.29, 1.82) is 0 Å². The fraction of sp³-hybridized carbons (Fsp3) is 0.250. The molecule has 2 aromatic carbocycles. The van der Waals surface area contributed by atoms with E-state index in [1.54, 1.807) is 31.4 Å². The number of benzene rings is 2. The number of carbonyl (C=O) groups excluding carboxylic acids is 2. The highest BCUT2D eigenvalue weighted by molar-refractivity contribution is 6.00. The molecule has 0 aliphatic rings. The molecule has 0 saturated heterocycles.